The molecule has 0 aliphatic carbocycles. The van der Waals surface area contributed by atoms with Gasteiger partial charge >= 0.3 is 6.18 Å². The fourth-order valence-corrected chi connectivity index (χ4v) is 1.59. The molecule has 0 saturated heterocycles. The van der Waals surface area contributed by atoms with E-state index in [0.29, 0.717) is 6.29 Å². The molecule has 0 amide bonds. The van der Waals surface area contributed by atoms with Crippen molar-refractivity contribution in [3.63, 3.8) is 0 Å². The summed E-state index contributed by atoms with van der Waals surface area (Å²) < 4.78 is 37.5. The van der Waals surface area contributed by atoms with Crippen LogP contribution in [0.5, 0.6) is 0 Å². The van der Waals surface area contributed by atoms with E-state index < -0.39 is 11.7 Å². The fourth-order valence-electron chi connectivity index (χ4n) is 1.12. The van der Waals surface area contributed by atoms with Crippen LogP contribution in [0.15, 0.2) is 16.6 Å². The van der Waals surface area contributed by atoms with Crippen LogP contribution >= 0.6 is 15.9 Å². The third kappa shape index (κ3) is 2.15. The van der Waals surface area contributed by atoms with E-state index in [1.807, 2.05) is 0 Å². The maximum Gasteiger partial charge on any atom is 0.416 e. The molecule has 5 heteroatoms. The summed E-state index contributed by atoms with van der Waals surface area (Å²) in [4.78, 5) is 10.5. The Hall–Kier alpha value is -0.840. The molecule has 0 unspecified atom stereocenters. The lowest BCUT2D eigenvalue weighted by atomic mass is 10.0. The van der Waals surface area contributed by atoms with Gasteiger partial charge in [0, 0.05) is 10.0 Å². The van der Waals surface area contributed by atoms with E-state index in [2.05, 4.69) is 15.9 Å². The minimum atomic E-state index is -4.42. The molecule has 76 valence electrons. The van der Waals surface area contributed by atoms with Crippen molar-refractivity contribution in [3.8, 4) is 0 Å². The molecule has 0 atom stereocenters. The first-order valence-corrected chi connectivity index (χ1v) is 4.48. The molecule has 0 radical (unpaired) electrons. The molecule has 1 nitrogen and oxygen atoms in total. The van der Waals surface area contributed by atoms with Crippen LogP contribution in [0, 0.1) is 6.92 Å². The van der Waals surface area contributed by atoms with Gasteiger partial charge in [-0.05, 0) is 24.6 Å². The van der Waals surface area contributed by atoms with Gasteiger partial charge in [0.05, 0.1) is 5.56 Å². The molecule has 0 heterocycles. The summed E-state index contributed by atoms with van der Waals surface area (Å²) in [5, 5.41) is 0. The van der Waals surface area contributed by atoms with Crippen molar-refractivity contribution in [1.29, 1.82) is 0 Å². The van der Waals surface area contributed by atoms with Crippen LogP contribution in [-0.2, 0) is 6.18 Å². The Morgan fingerprint density at radius 3 is 2.36 bits per heavy atom. The predicted octanol–water partition coefficient (Wildman–Crippen LogP) is 3.59. The third-order valence-electron chi connectivity index (χ3n) is 1.85. The zero-order chi connectivity index (χ0) is 10.9. The van der Waals surface area contributed by atoms with Gasteiger partial charge in [0.15, 0.2) is 0 Å². The second kappa shape index (κ2) is 3.73. The van der Waals surface area contributed by atoms with E-state index in [-0.39, 0.29) is 15.6 Å². The zero-order valence-corrected chi connectivity index (χ0v) is 8.74. The normalized spacial score (nSPS) is 11.5. The van der Waals surface area contributed by atoms with E-state index in [4.69, 9.17) is 0 Å². The number of hydrogen-bond donors (Lipinski definition) is 0. The summed E-state index contributed by atoms with van der Waals surface area (Å²) in [6.45, 7) is 1.28. The number of benzene rings is 1. The highest BCUT2D eigenvalue weighted by Gasteiger charge is 2.33. The highest BCUT2D eigenvalue weighted by Crippen LogP contribution is 2.34. The van der Waals surface area contributed by atoms with Gasteiger partial charge in [-0.2, -0.15) is 13.2 Å². The van der Waals surface area contributed by atoms with Crippen LogP contribution in [-0.4, -0.2) is 6.29 Å². The third-order valence-corrected chi connectivity index (χ3v) is 2.30. The average molecular weight is 267 g/mol. The number of carbonyl (C=O) groups is 1. The Labute approximate surface area is 87.1 Å². The van der Waals surface area contributed by atoms with Crippen LogP contribution < -0.4 is 0 Å². The Balaban J connectivity index is 3.44. The molecular formula is C9H6BrF3O. The monoisotopic (exact) mass is 266 g/mol. The first kappa shape index (κ1) is 11.2. The van der Waals surface area contributed by atoms with E-state index >= 15 is 0 Å². The van der Waals surface area contributed by atoms with Crippen LogP contribution in [0.1, 0.15) is 21.5 Å². The molecule has 14 heavy (non-hydrogen) atoms. The SMILES string of the molecule is Cc1c(C=O)cc(Br)cc1C(F)(F)F. The Morgan fingerprint density at radius 1 is 1.36 bits per heavy atom. The molecular weight excluding hydrogens is 261 g/mol. The highest BCUT2D eigenvalue weighted by atomic mass is 79.9. The van der Waals surface area contributed by atoms with Gasteiger partial charge < -0.3 is 0 Å². The van der Waals surface area contributed by atoms with Crippen LogP contribution in [0.25, 0.3) is 0 Å². The largest absolute Gasteiger partial charge is 0.416 e. The highest BCUT2D eigenvalue weighted by molar-refractivity contribution is 9.10. The van der Waals surface area contributed by atoms with Gasteiger partial charge in [-0.15, -0.1) is 0 Å². The molecule has 0 aliphatic heterocycles. The minimum absolute atomic E-state index is 0.0456. The lowest BCUT2D eigenvalue weighted by molar-refractivity contribution is -0.138. The Kier molecular flexibility index (Phi) is 2.99. The van der Waals surface area contributed by atoms with Crippen molar-refractivity contribution in [1.82, 2.24) is 0 Å². The van der Waals surface area contributed by atoms with Gasteiger partial charge in [-0.25, -0.2) is 0 Å². The summed E-state index contributed by atoms with van der Waals surface area (Å²) in [5.41, 5.74) is -0.781. The summed E-state index contributed by atoms with van der Waals surface area (Å²) in [6, 6.07) is 2.32. The van der Waals surface area contributed by atoms with Gasteiger partial charge in [0.2, 0.25) is 0 Å². The maximum atomic E-state index is 12.4. The van der Waals surface area contributed by atoms with Crippen LogP contribution in [0.4, 0.5) is 13.2 Å². The topological polar surface area (TPSA) is 17.1 Å². The fraction of sp³-hybridized carbons (Fsp3) is 0.222. The Morgan fingerprint density at radius 2 is 1.93 bits per heavy atom. The zero-order valence-electron chi connectivity index (χ0n) is 7.15. The van der Waals surface area contributed by atoms with Crippen LogP contribution in [0.3, 0.4) is 0 Å². The lowest BCUT2D eigenvalue weighted by Gasteiger charge is -2.12. The standard InChI is InChI=1S/C9H6BrF3O/c1-5-6(4-14)2-7(10)3-8(5)9(11,12)13/h2-4H,1H3. The second-order valence-electron chi connectivity index (χ2n) is 2.78. The molecule has 0 N–H and O–H groups in total. The van der Waals surface area contributed by atoms with E-state index in [1.54, 1.807) is 0 Å². The maximum absolute atomic E-state index is 12.4. The first-order chi connectivity index (χ1) is 6.36. The minimum Gasteiger partial charge on any atom is -0.298 e. The molecule has 0 saturated carbocycles. The smallest absolute Gasteiger partial charge is 0.298 e. The number of aldehydes is 1. The summed E-state index contributed by atoms with van der Waals surface area (Å²) in [6.07, 6.45) is -4.01. The van der Waals surface area contributed by atoms with Gasteiger partial charge in [0.25, 0.3) is 0 Å². The predicted molar refractivity (Wildman–Crippen MR) is 49.3 cm³/mol. The van der Waals surface area contributed by atoms with Crippen molar-refractivity contribution in [2.24, 2.45) is 0 Å². The van der Waals surface area contributed by atoms with Gasteiger partial charge in [-0.3, -0.25) is 4.79 Å². The number of halogens is 4. The molecule has 0 aromatic heterocycles. The molecule has 0 spiro atoms. The number of carbonyl (C=O) groups excluding carboxylic acids is 1. The van der Waals surface area contributed by atoms with Gasteiger partial charge in [-0.1, -0.05) is 15.9 Å². The summed E-state index contributed by atoms with van der Waals surface area (Å²) in [7, 11) is 0. The number of hydrogen-bond acceptors (Lipinski definition) is 1. The molecule has 1 aromatic carbocycles. The van der Waals surface area contributed by atoms with Gasteiger partial charge in [0.1, 0.15) is 6.29 Å². The number of alkyl halides is 3. The molecule has 0 fully saturated rings. The average Bonchev–Trinajstić information content (AvgIpc) is 2.06. The van der Waals surface area contributed by atoms with E-state index in [1.165, 1.54) is 13.0 Å². The molecule has 1 rings (SSSR count). The lowest BCUT2D eigenvalue weighted by Crippen LogP contribution is -2.09. The molecule has 0 bridgehead atoms. The van der Waals surface area contributed by atoms with Crippen molar-refractivity contribution >= 4 is 22.2 Å². The number of rotatable bonds is 1. The van der Waals surface area contributed by atoms with E-state index in [0.717, 1.165) is 6.07 Å². The quantitative estimate of drug-likeness (QED) is 0.710. The summed E-state index contributed by atoms with van der Waals surface area (Å²) in [5.74, 6) is 0. The van der Waals surface area contributed by atoms with Crippen molar-refractivity contribution in [2.45, 2.75) is 13.1 Å². The molecule has 1 aromatic rings. The van der Waals surface area contributed by atoms with Crippen molar-refractivity contribution in [2.75, 3.05) is 0 Å². The summed E-state index contributed by atoms with van der Waals surface area (Å²) >= 11 is 2.92. The van der Waals surface area contributed by atoms with Crippen molar-refractivity contribution in [3.05, 3.63) is 33.3 Å². The van der Waals surface area contributed by atoms with Crippen LogP contribution in [0.2, 0.25) is 0 Å². The Bertz CT molecular complexity index is 371. The first-order valence-electron chi connectivity index (χ1n) is 3.69. The van der Waals surface area contributed by atoms with E-state index in [9.17, 15) is 18.0 Å². The molecule has 0 aliphatic rings. The second-order valence-corrected chi connectivity index (χ2v) is 3.70. The van der Waals surface area contributed by atoms with Crippen molar-refractivity contribution < 1.29 is 18.0 Å².